The van der Waals surface area contributed by atoms with E-state index in [9.17, 15) is 14.3 Å². The number of rotatable bonds is 9. The van der Waals surface area contributed by atoms with E-state index in [0.717, 1.165) is 31.7 Å². The molecule has 1 fully saturated rings. The number of hydrogen-bond donors (Lipinski definition) is 2. The second-order valence-electron chi connectivity index (χ2n) is 7.23. The third-order valence-corrected chi connectivity index (χ3v) is 4.90. The van der Waals surface area contributed by atoms with Crippen molar-refractivity contribution < 1.29 is 19.0 Å². The van der Waals surface area contributed by atoms with Crippen LogP contribution in [-0.2, 0) is 11.3 Å². The molecule has 3 rings (SSSR count). The molecule has 156 valence electrons. The van der Waals surface area contributed by atoms with Crippen molar-refractivity contribution in [1.82, 2.24) is 15.1 Å². The van der Waals surface area contributed by atoms with Crippen LogP contribution in [0, 0.1) is 5.82 Å². The number of amides is 1. The molecule has 2 aromatic carbocycles. The smallest absolute Gasteiger partial charge is 0.234 e. The summed E-state index contributed by atoms with van der Waals surface area (Å²) in [6.45, 7) is 4.48. The number of nitrogens with one attached hydrogen (secondary N) is 1. The summed E-state index contributed by atoms with van der Waals surface area (Å²) in [5.74, 6) is -0.266. The van der Waals surface area contributed by atoms with E-state index in [4.69, 9.17) is 4.74 Å². The van der Waals surface area contributed by atoms with Crippen molar-refractivity contribution >= 4 is 5.91 Å². The molecule has 29 heavy (non-hydrogen) atoms. The SMILES string of the molecule is O=C(CN1CCN(CC(O)COc2ccccc2F)CC1)NCc1ccccc1. The molecule has 1 unspecified atom stereocenters. The van der Waals surface area contributed by atoms with Gasteiger partial charge in [0.2, 0.25) is 5.91 Å². The molecule has 0 saturated carbocycles. The minimum atomic E-state index is -0.699. The number of halogens is 1. The number of nitrogens with zero attached hydrogens (tertiary/aromatic N) is 2. The van der Waals surface area contributed by atoms with E-state index in [1.807, 2.05) is 30.3 Å². The van der Waals surface area contributed by atoms with Crippen molar-refractivity contribution in [1.29, 1.82) is 0 Å². The number of carbonyl (C=O) groups is 1. The summed E-state index contributed by atoms with van der Waals surface area (Å²) in [5, 5.41) is 13.1. The molecule has 1 saturated heterocycles. The number of aliphatic hydroxyl groups excluding tert-OH is 1. The number of benzene rings is 2. The second-order valence-corrected chi connectivity index (χ2v) is 7.23. The number of ether oxygens (including phenoxy) is 1. The Morgan fingerprint density at radius 3 is 2.41 bits per heavy atom. The lowest BCUT2D eigenvalue weighted by molar-refractivity contribution is -0.122. The van der Waals surface area contributed by atoms with E-state index in [0.29, 0.717) is 19.6 Å². The minimum Gasteiger partial charge on any atom is -0.488 e. The van der Waals surface area contributed by atoms with Crippen LogP contribution in [-0.4, -0.2) is 72.8 Å². The summed E-state index contributed by atoms with van der Waals surface area (Å²) in [6.07, 6.45) is -0.699. The minimum absolute atomic E-state index is 0.0145. The fourth-order valence-electron chi connectivity index (χ4n) is 3.28. The van der Waals surface area contributed by atoms with Crippen molar-refractivity contribution in [3.63, 3.8) is 0 Å². The molecule has 2 N–H and O–H groups in total. The van der Waals surface area contributed by atoms with E-state index < -0.39 is 11.9 Å². The molecule has 6 nitrogen and oxygen atoms in total. The van der Waals surface area contributed by atoms with Crippen LogP contribution in [0.4, 0.5) is 4.39 Å². The average molecular weight is 401 g/mol. The third-order valence-electron chi connectivity index (χ3n) is 4.90. The van der Waals surface area contributed by atoms with Crippen molar-refractivity contribution in [3.05, 3.63) is 66.0 Å². The fourth-order valence-corrected chi connectivity index (χ4v) is 3.28. The second kappa shape index (κ2) is 10.9. The number of hydrogen-bond acceptors (Lipinski definition) is 5. The van der Waals surface area contributed by atoms with Gasteiger partial charge in [-0.15, -0.1) is 0 Å². The highest BCUT2D eigenvalue weighted by Crippen LogP contribution is 2.15. The molecule has 1 heterocycles. The highest BCUT2D eigenvalue weighted by molar-refractivity contribution is 5.78. The van der Waals surface area contributed by atoms with Crippen LogP contribution < -0.4 is 10.1 Å². The summed E-state index contributed by atoms with van der Waals surface area (Å²) >= 11 is 0. The van der Waals surface area contributed by atoms with Gasteiger partial charge in [0, 0.05) is 39.3 Å². The van der Waals surface area contributed by atoms with Gasteiger partial charge in [0.05, 0.1) is 6.54 Å². The van der Waals surface area contributed by atoms with Crippen LogP contribution in [0.1, 0.15) is 5.56 Å². The fraction of sp³-hybridized carbons (Fsp3) is 0.409. The van der Waals surface area contributed by atoms with Crippen LogP contribution >= 0.6 is 0 Å². The van der Waals surface area contributed by atoms with Crippen molar-refractivity contribution in [2.24, 2.45) is 0 Å². The first-order valence-electron chi connectivity index (χ1n) is 9.91. The number of piperazine rings is 1. The Balaban J connectivity index is 1.31. The molecule has 0 radical (unpaired) electrons. The highest BCUT2D eigenvalue weighted by atomic mass is 19.1. The average Bonchev–Trinajstić information content (AvgIpc) is 2.74. The van der Waals surface area contributed by atoms with Crippen LogP contribution in [0.3, 0.4) is 0 Å². The van der Waals surface area contributed by atoms with E-state index in [1.54, 1.807) is 18.2 Å². The van der Waals surface area contributed by atoms with Crippen molar-refractivity contribution in [2.75, 3.05) is 45.9 Å². The predicted molar refractivity (Wildman–Crippen MR) is 109 cm³/mol. The number of aliphatic hydroxyl groups is 1. The molecular weight excluding hydrogens is 373 g/mol. The Morgan fingerprint density at radius 2 is 1.69 bits per heavy atom. The lowest BCUT2D eigenvalue weighted by atomic mass is 10.2. The van der Waals surface area contributed by atoms with Crippen LogP contribution in [0.5, 0.6) is 5.75 Å². The van der Waals surface area contributed by atoms with Crippen molar-refractivity contribution in [2.45, 2.75) is 12.6 Å². The lowest BCUT2D eigenvalue weighted by Gasteiger charge is -2.35. The van der Waals surface area contributed by atoms with E-state index in [-0.39, 0.29) is 18.3 Å². The zero-order chi connectivity index (χ0) is 20.5. The van der Waals surface area contributed by atoms with Crippen molar-refractivity contribution in [3.8, 4) is 5.75 Å². The lowest BCUT2D eigenvalue weighted by Crippen LogP contribution is -2.51. The first-order chi connectivity index (χ1) is 14.1. The zero-order valence-corrected chi connectivity index (χ0v) is 16.5. The standard InChI is InChI=1S/C22H28FN3O3/c23-20-8-4-5-9-21(20)29-17-19(27)15-25-10-12-26(13-11-25)16-22(28)24-14-18-6-2-1-3-7-18/h1-9,19,27H,10-17H2,(H,24,28). The molecule has 0 spiro atoms. The zero-order valence-electron chi connectivity index (χ0n) is 16.5. The van der Waals surface area contributed by atoms with Gasteiger partial charge in [-0.2, -0.15) is 0 Å². The van der Waals surface area contributed by atoms with E-state index in [2.05, 4.69) is 15.1 Å². The quantitative estimate of drug-likeness (QED) is 0.667. The van der Waals surface area contributed by atoms with Gasteiger partial charge in [0.15, 0.2) is 11.6 Å². The largest absolute Gasteiger partial charge is 0.488 e. The molecule has 1 amide bonds. The Labute approximate surface area is 170 Å². The first kappa shape index (κ1) is 21.2. The summed E-state index contributed by atoms with van der Waals surface area (Å²) < 4.78 is 18.9. The van der Waals surface area contributed by atoms with Gasteiger partial charge < -0.3 is 15.2 Å². The molecule has 2 aromatic rings. The monoisotopic (exact) mass is 401 g/mol. The van der Waals surface area contributed by atoms with Gasteiger partial charge in [0.25, 0.3) is 0 Å². The Kier molecular flexibility index (Phi) is 7.98. The first-order valence-corrected chi connectivity index (χ1v) is 9.91. The summed E-state index contributed by atoms with van der Waals surface area (Å²) in [6, 6.07) is 16.0. The summed E-state index contributed by atoms with van der Waals surface area (Å²) in [7, 11) is 0. The summed E-state index contributed by atoms with van der Waals surface area (Å²) in [5.41, 5.74) is 1.08. The van der Waals surface area contributed by atoms with Crippen LogP contribution in [0.2, 0.25) is 0 Å². The molecule has 1 atom stereocenters. The summed E-state index contributed by atoms with van der Waals surface area (Å²) in [4.78, 5) is 16.4. The van der Waals surface area contributed by atoms with Gasteiger partial charge in [-0.05, 0) is 17.7 Å². The number of carbonyl (C=O) groups excluding carboxylic acids is 1. The molecule has 0 aliphatic carbocycles. The third kappa shape index (κ3) is 7.12. The Morgan fingerprint density at radius 1 is 1.03 bits per heavy atom. The maximum Gasteiger partial charge on any atom is 0.234 e. The van der Waals surface area contributed by atoms with Crippen LogP contribution in [0.15, 0.2) is 54.6 Å². The maximum absolute atomic E-state index is 13.5. The highest BCUT2D eigenvalue weighted by Gasteiger charge is 2.21. The molecule has 1 aliphatic heterocycles. The molecule has 0 aromatic heterocycles. The van der Waals surface area contributed by atoms with Crippen LogP contribution in [0.25, 0.3) is 0 Å². The molecule has 7 heteroatoms. The number of β-amino-alcohol motifs (C(OH)–C–C–N with tert-alkyl or cyclic N) is 1. The normalized spacial score (nSPS) is 16.3. The van der Waals surface area contributed by atoms with Gasteiger partial charge in [-0.25, -0.2) is 4.39 Å². The molecule has 0 bridgehead atoms. The van der Waals surface area contributed by atoms with Gasteiger partial charge >= 0.3 is 0 Å². The molecular formula is C22H28FN3O3. The number of para-hydroxylation sites is 1. The van der Waals surface area contributed by atoms with Gasteiger partial charge in [-0.3, -0.25) is 14.6 Å². The van der Waals surface area contributed by atoms with Gasteiger partial charge in [0.1, 0.15) is 12.7 Å². The van der Waals surface area contributed by atoms with E-state index >= 15 is 0 Å². The van der Waals surface area contributed by atoms with E-state index in [1.165, 1.54) is 6.07 Å². The molecule has 1 aliphatic rings. The Bertz CT molecular complexity index is 767. The predicted octanol–water partition coefficient (Wildman–Crippen LogP) is 1.50. The van der Waals surface area contributed by atoms with Gasteiger partial charge in [-0.1, -0.05) is 42.5 Å². The topological polar surface area (TPSA) is 65.0 Å². The maximum atomic E-state index is 13.5. The Hall–Kier alpha value is -2.48.